The van der Waals surface area contributed by atoms with Gasteiger partial charge in [-0.15, -0.1) is 0 Å². The van der Waals surface area contributed by atoms with E-state index in [9.17, 15) is 5.11 Å². The van der Waals surface area contributed by atoms with Gasteiger partial charge in [0.15, 0.2) is 0 Å². The van der Waals surface area contributed by atoms with Gasteiger partial charge >= 0.3 is 0 Å². The molecule has 2 saturated carbocycles. The Morgan fingerprint density at radius 2 is 2.20 bits per heavy atom. The van der Waals surface area contributed by atoms with Gasteiger partial charge in [-0.25, -0.2) is 4.98 Å². The number of hydrogen-bond acceptors (Lipinski definition) is 4. The third kappa shape index (κ3) is 1.59. The van der Waals surface area contributed by atoms with Crippen molar-refractivity contribution in [2.45, 2.75) is 31.4 Å². The molecule has 2 fully saturated rings. The van der Waals surface area contributed by atoms with Crippen LogP contribution in [0.3, 0.4) is 0 Å². The molecule has 80 valence electrons. The first kappa shape index (κ1) is 9.09. The lowest BCUT2D eigenvalue weighted by Crippen LogP contribution is -2.34. The number of hydrogen-bond donors (Lipinski definition) is 2. The molecule has 1 aromatic heterocycles. The lowest BCUT2D eigenvalue weighted by Gasteiger charge is -2.27. The third-order valence-corrected chi connectivity index (χ3v) is 3.68. The average Bonchev–Trinajstić information content (AvgIpc) is 2.77. The van der Waals surface area contributed by atoms with Crippen molar-refractivity contribution in [1.29, 1.82) is 0 Å². The zero-order valence-electron chi connectivity index (χ0n) is 8.50. The van der Waals surface area contributed by atoms with E-state index in [0.717, 1.165) is 18.7 Å². The van der Waals surface area contributed by atoms with E-state index in [-0.39, 0.29) is 6.10 Å². The van der Waals surface area contributed by atoms with E-state index in [1.807, 2.05) is 0 Å². The maximum atomic E-state index is 9.79. The van der Waals surface area contributed by atoms with Gasteiger partial charge in [-0.05, 0) is 25.2 Å². The number of rotatable bonds is 2. The first-order chi connectivity index (χ1) is 7.33. The molecule has 2 aliphatic carbocycles. The Bertz CT molecular complexity index is 343. The topological polar surface area (TPSA) is 58.0 Å². The SMILES string of the molecule is O[C@@H]1C[C@H]2C[C@@H]1[C@@H](Nc1cnccn1)C2. The molecule has 1 aromatic rings. The molecule has 3 rings (SSSR count). The van der Waals surface area contributed by atoms with E-state index in [4.69, 9.17) is 0 Å². The summed E-state index contributed by atoms with van der Waals surface area (Å²) in [5.41, 5.74) is 0. The second kappa shape index (κ2) is 3.45. The molecule has 1 heterocycles. The molecule has 15 heavy (non-hydrogen) atoms. The largest absolute Gasteiger partial charge is 0.393 e. The van der Waals surface area contributed by atoms with Crippen LogP contribution in [0.1, 0.15) is 19.3 Å². The van der Waals surface area contributed by atoms with Crippen LogP contribution in [-0.2, 0) is 0 Å². The predicted molar refractivity (Wildman–Crippen MR) is 56.3 cm³/mol. The van der Waals surface area contributed by atoms with Crippen molar-refractivity contribution in [3.63, 3.8) is 0 Å². The molecule has 0 aromatic carbocycles. The van der Waals surface area contributed by atoms with Crippen molar-refractivity contribution in [2.24, 2.45) is 11.8 Å². The van der Waals surface area contributed by atoms with Crippen molar-refractivity contribution < 1.29 is 5.11 Å². The monoisotopic (exact) mass is 205 g/mol. The van der Waals surface area contributed by atoms with Crippen LogP contribution >= 0.6 is 0 Å². The Balaban J connectivity index is 1.70. The first-order valence-electron chi connectivity index (χ1n) is 5.53. The van der Waals surface area contributed by atoms with Gasteiger partial charge in [0.05, 0.1) is 12.3 Å². The molecule has 0 aliphatic heterocycles. The minimum atomic E-state index is -0.113. The number of nitrogens with zero attached hydrogens (tertiary/aromatic N) is 2. The van der Waals surface area contributed by atoms with Crippen LogP contribution in [-0.4, -0.2) is 27.2 Å². The van der Waals surface area contributed by atoms with Crippen molar-refractivity contribution in [2.75, 3.05) is 5.32 Å². The van der Waals surface area contributed by atoms with Gasteiger partial charge in [0.25, 0.3) is 0 Å². The number of anilines is 1. The minimum Gasteiger partial charge on any atom is -0.393 e. The van der Waals surface area contributed by atoms with Gasteiger partial charge in [-0.2, -0.15) is 0 Å². The van der Waals surface area contributed by atoms with E-state index in [2.05, 4.69) is 15.3 Å². The summed E-state index contributed by atoms with van der Waals surface area (Å²) >= 11 is 0. The van der Waals surface area contributed by atoms with Crippen molar-refractivity contribution in [1.82, 2.24) is 9.97 Å². The lowest BCUT2D eigenvalue weighted by molar-refractivity contribution is 0.107. The maximum Gasteiger partial charge on any atom is 0.144 e. The first-order valence-corrected chi connectivity index (χ1v) is 5.53. The highest BCUT2D eigenvalue weighted by molar-refractivity contribution is 5.33. The van der Waals surface area contributed by atoms with Crippen LogP contribution in [0.5, 0.6) is 0 Å². The maximum absolute atomic E-state index is 9.79. The molecule has 4 atom stereocenters. The zero-order chi connectivity index (χ0) is 10.3. The van der Waals surface area contributed by atoms with Crippen LogP contribution in [0.25, 0.3) is 0 Å². The predicted octanol–water partition coefficient (Wildman–Crippen LogP) is 1.05. The number of aromatic nitrogens is 2. The van der Waals surface area contributed by atoms with Crippen LogP contribution in [0, 0.1) is 11.8 Å². The molecule has 0 saturated heterocycles. The van der Waals surface area contributed by atoms with Crippen molar-refractivity contribution >= 4 is 5.82 Å². The van der Waals surface area contributed by atoms with Crippen molar-refractivity contribution in [3.8, 4) is 0 Å². The minimum absolute atomic E-state index is 0.113. The van der Waals surface area contributed by atoms with Gasteiger partial charge in [0.2, 0.25) is 0 Å². The lowest BCUT2D eigenvalue weighted by atomic mass is 9.93. The van der Waals surface area contributed by atoms with E-state index in [0.29, 0.717) is 17.9 Å². The van der Waals surface area contributed by atoms with Gasteiger partial charge in [0, 0.05) is 24.4 Å². The molecule has 0 amide bonds. The van der Waals surface area contributed by atoms with Crippen LogP contribution in [0.2, 0.25) is 0 Å². The average molecular weight is 205 g/mol. The highest BCUT2D eigenvalue weighted by Gasteiger charge is 2.45. The second-order valence-corrected chi connectivity index (χ2v) is 4.65. The fourth-order valence-electron chi connectivity index (χ4n) is 3.04. The van der Waals surface area contributed by atoms with E-state index in [1.165, 1.54) is 6.42 Å². The molecule has 0 unspecified atom stereocenters. The summed E-state index contributed by atoms with van der Waals surface area (Å²) in [4.78, 5) is 8.22. The van der Waals surface area contributed by atoms with Crippen LogP contribution < -0.4 is 5.32 Å². The number of aliphatic hydroxyl groups excluding tert-OH is 1. The molecule has 0 spiro atoms. The quantitative estimate of drug-likeness (QED) is 0.757. The summed E-state index contributed by atoms with van der Waals surface area (Å²) in [7, 11) is 0. The highest BCUT2D eigenvalue weighted by Crippen LogP contribution is 2.45. The summed E-state index contributed by atoms with van der Waals surface area (Å²) in [5, 5.41) is 13.2. The third-order valence-electron chi connectivity index (χ3n) is 3.68. The zero-order valence-corrected chi connectivity index (χ0v) is 8.50. The molecule has 0 radical (unpaired) electrons. The number of fused-ring (bicyclic) bond motifs is 2. The Morgan fingerprint density at radius 3 is 2.87 bits per heavy atom. The van der Waals surface area contributed by atoms with Gasteiger partial charge in [-0.3, -0.25) is 4.98 Å². The Hall–Kier alpha value is -1.16. The number of aliphatic hydroxyl groups is 1. The molecule has 2 aliphatic rings. The fourth-order valence-corrected chi connectivity index (χ4v) is 3.04. The Kier molecular flexibility index (Phi) is 2.09. The summed E-state index contributed by atoms with van der Waals surface area (Å²) in [6, 6.07) is 0.385. The van der Waals surface area contributed by atoms with Gasteiger partial charge in [0.1, 0.15) is 5.82 Å². The summed E-state index contributed by atoms with van der Waals surface area (Å²) < 4.78 is 0. The summed E-state index contributed by atoms with van der Waals surface area (Å²) in [5.74, 6) is 1.94. The molecule has 4 heteroatoms. The highest BCUT2D eigenvalue weighted by atomic mass is 16.3. The molecular formula is C11H15N3O. The second-order valence-electron chi connectivity index (χ2n) is 4.65. The van der Waals surface area contributed by atoms with Crippen molar-refractivity contribution in [3.05, 3.63) is 18.6 Å². The van der Waals surface area contributed by atoms with E-state index >= 15 is 0 Å². The molecule has 2 N–H and O–H groups in total. The standard InChI is InChI=1S/C11H15N3O/c15-10-5-7-3-8(10)9(4-7)14-11-6-12-1-2-13-11/h1-2,6-10,15H,3-5H2,(H,13,14)/t7-,8+,9-,10+/m0/s1. The normalized spacial score (nSPS) is 38.2. The Morgan fingerprint density at radius 1 is 1.27 bits per heavy atom. The Labute approximate surface area is 88.8 Å². The fraction of sp³-hybridized carbons (Fsp3) is 0.636. The van der Waals surface area contributed by atoms with Gasteiger partial charge in [-0.1, -0.05) is 0 Å². The molecule has 2 bridgehead atoms. The summed E-state index contributed by atoms with van der Waals surface area (Å²) in [6.07, 6.45) is 8.30. The van der Waals surface area contributed by atoms with E-state index in [1.54, 1.807) is 18.6 Å². The molecule has 4 nitrogen and oxygen atoms in total. The smallest absolute Gasteiger partial charge is 0.144 e. The van der Waals surface area contributed by atoms with Gasteiger partial charge < -0.3 is 10.4 Å². The molecular weight excluding hydrogens is 190 g/mol. The number of nitrogens with one attached hydrogen (secondary N) is 1. The van der Waals surface area contributed by atoms with E-state index < -0.39 is 0 Å². The van der Waals surface area contributed by atoms with Crippen LogP contribution in [0.15, 0.2) is 18.6 Å². The summed E-state index contributed by atoms with van der Waals surface area (Å²) in [6.45, 7) is 0. The van der Waals surface area contributed by atoms with Crippen LogP contribution in [0.4, 0.5) is 5.82 Å².